The summed E-state index contributed by atoms with van der Waals surface area (Å²) < 4.78 is 2.06. The summed E-state index contributed by atoms with van der Waals surface area (Å²) in [6, 6.07) is 12.2. The Morgan fingerprint density at radius 2 is 2.00 bits per heavy atom. The first kappa shape index (κ1) is 14.1. The molecule has 2 nitrogen and oxygen atoms in total. The van der Waals surface area contributed by atoms with Crippen LogP contribution in [0.15, 0.2) is 56.6 Å². The molecule has 2 rings (SSSR count). The number of rotatable bonds is 4. The summed E-state index contributed by atoms with van der Waals surface area (Å²) in [6.45, 7) is 0.582. The Bertz CT molecular complexity index is 517. The lowest BCUT2D eigenvalue weighted by Gasteiger charge is -2.14. The lowest BCUT2D eigenvalue weighted by atomic mass is 10.1. The van der Waals surface area contributed by atoms with Crippen molar-refractivity contribution in [3.8, 4) is 0 Å². The van der Waals surface area contributed by atoms with Crippen LogP contribution in [0.25, 0.3) is 0 Å². The molecule has 0 aliphatic rings. The van der Waals surface area contributed by atoms with Gasteiger partial charge in [-0.3, -0.25) is 0 Å². The van der Waals surface area contributed by atoms with Crippen molar-refractivity contribution in [2.24, 2.45) is 5.73 Å². The van der Waals surface area contributed by atoms with Gasteiger partial charge in [-0.1, -0.05) is 39.8 Å². The van der Waals surface area contributed by atoms with E-state index in [9.17, 15) is 0 Å². The zero-order chi connectivity index (χ0) is 13.0. The molecule has 1 unspecified atom stereocenters. The molecule has 1 aromatic carbocycles. The van der Waals surface area contributed by atoms with Crippen molar-refractivity contribution >= 4 is 43.6 Å². The minimum atomic E-state index is 0.219. The number of nitrogens with zero attached hydrogens (tertiary/aromatic N) is 1. The molecule has 0 bridgehead atoms. The predicted octanol–water partition coefficient (Wildman–Crippen LogP) is 4.40. The molecule has 5 heteroatoms. The standard InChI is InChI=1S/C13H12Br2N2S/c14-10-3-1-2-9(6-10)12(7-16)18-13-5-4-11(15)8-17-13/h1-6,8,12H,7,16H2. The molecule has 2 aromatic rings. The molecule has 1 heterocycles. The van der Waals surface area contributed by atoms with E-state index >= 15 is 0 Å². The molecule has 0 saturated carbocycles. The second-order valence-electron chi connectivity index (χ2n) is 3.71. The van der Waals surface area contributed by atoms with E-state index in [0.29, 0.717) is 6.54 Å². The summed E-state index contributed by atoms with van der Waals surface area (Å²) in [5, 5.41) is 1.20. The van der Waals surface area contributed by atoms with Crippen LogP contribution in [-0.2, 0) is 0 Å². The van der Waals surface area contributed by atoms with E-state index in [2.05, 4.69) is 49.0 Å². The van der Waals surface area contributed by atoms with Crippen LogP contribution in [0.3, 0.4) is 0 Å². The molecule has 0 aliphatic carbocycles. The molecule has 0 fully saturated rings. The lowest BCUT2D eigenvalue weighted by molar-refractivity contribution is 0.933. The minimum Gasteiger partial charge on any atom is -0.329 e. The Kier molecular flexibility index (Phi) is 5.24. The average Bonchev–Trinajstić information content (AvgIpc) is 2.38. The number of hydrogen-bond acceptors (Lipinski definition) is 3. The Morgan fingerprint density at radius 1 is 1.17 bits per heavy atom. The van der Waals surface area contributed by atoms with Gasteiger partial charge in [0.15, 0.2) is 0 Å². The Labute approximate surface area is 128 Å². The smallest absolute Gasteiger partial charge is 0.0967 e. The second-order valence-corrected chi connectivity index (χ2v) is 6.77. The number of benzene rings is 1. The Balaban J connectivity index is 2.17. The van der Waals surface area contributed by atoms with Crippen LogP contribution in [0, 0.1) is 0 Å². The van der Waals surface area contributed by atoms with Crippen molar-refractivity contribution in [3.63, 3.8) is 0 Å². The third-order valence-corrected chi connectivity index (χ3v) is 4.59. The monoisotopic (exact) mass is 386 g/mol. The highest BCUT2D eigenvalue weighted by molar-refractivity contribution is 9.10. The van der Waals surface area contributed by atoms with Gasteiger partial charge in [0.2, 0.25) is 0 Å². The van der Waals surface area contributed by atoms with Crippen LogP contribution in [-0.4, -0.2) is 11.5 Å². The maximum Gasteiger partial charge on any atom is 0.0967 e. The van der Waals surface area contributed by atoms with Crippen molar-refractivity contribution in [1.82, 2.24) is 4.98 Å². The van der Waals surface area contributed by atoms with Crippen LogP contribution in [0.2, 0.25) is 0 Å². The van der Waals surface area contributed by atoms with E-state index in [1.165, 1.54) is 5.56 Å². The second kappa shape index (κ2) is 6.70. The van der Waals surface area contributed by atoms with E-state index in [1.54, 1.807) is 18.0 Å². The molecule has 0 spiro atoms. The van der Waals surface area contributed by atoms with E-state index in [1.807, 2.05) is 24.3 Å². The average molecular weight is 388 g/mol. The fraction of sp³-hybridized carbons (Fsp3) is 0.154. The highest BCUT2D eigenvalue weighted by Gasteiger charge is 2.12. The van der Waals surface area contributed by atoms with Gasteiger partial charge in [-0.25, -0.2) is 4.98 Å². The van der Waals surface area contributed by atoms with Gasteiger partial charge in [0.05, 0.1) is 5.03 Å². The van der Waals surface area contributed by atoms with Crippen LogP contribution in [0.4, 0.5) is 0 Å². The zero-order valence-corrected chi connectivity index (χ0v) is 13.5. The molecular weight excluding hydrogens is 376 g/mol. The van der Waals surface area contributed by atoms with E-state index in [4.69, 9.17) is 5.73 Å². The summed E-state index contributed by atoms with van der Waals surface area (Å²) in [7, 11) is 0. The fourth-order valence-electron chi connectivity index (χ4n) is 1.54. The van der Waals surface area contributed by atoms with Crippen molar-refractivity contribution in [2.45, 2.75) is 10.3 Å². The largest absolute Gasteiger partial charge is 0.329 e. The van der Waals surface area contributed by atoms with Gasteiger partial charge >= 0.3 is 0 Å². The maximum atomic E-state index is 5.86. The summed E-state index contributed by atoms with van der Waals surface area (Å²) in [6.07, 6.45) is 1.80. The van der Waals surface area contributed by atoms with Crippen molar-refractivity contribution in [2.75, 3.05) is 6.54 Å². The quantitative estimate of drug-likeness (QED) is 0.790. The van der Waals surface area contributed by atoms with Gasteiger partial charge in [0.1, 0.15) is 0 Å². The summed E-state index contributed by atoms with van der Waals surface area (Å²) in [5.41, 5.74) is 7.07. The lowest BCUT2D eigenvalue weighted by Crippen LogP contribution is -2.09. The number of nitrogens with two attached hydrogens (primary N) is 1. The molecule has 0 aliphatic heterocycles. The Morgan fingerprint density at radius 3 is 2.61 bits per heavy atom. The van der Waals surface area contributed by atoms with E-state index in [0.717, 1.165) is 14.0 Å². The van der Waals surface area contributed by atoms with Crippen LogP contribution < -0.4 is 5.73 Å². The first-order chi connectivity index (χ1) is 8.69. The molecule has 94 valence electrons. The minimum absolute atomic E-state index is 0.219. The number of halogens is 2. The molecule has 0 radical (unpaired) electrons. The molecule has 0 saturated heterocycles. The van der Waals surface area contributed by atoms with Gasteiger partial charge in [-0.15, -0.1) is 0 Å². The molecule has 18 heavy (non-hydrogen) atoms. The van der Waals surface area contributed by atoms with Gasteiger partial charge < -0.3 is 5.73 Å². The van der Waals surface area contributed by atoms with Crippen LogP contribution in [0.1, 0.15) is 10.8 Å². The van der Waals surface area contributed by atoms with Gasteiger partial charge in [0.25, 0.3) is 0 Å². The van der Waals surface area contributed by atoms with Gasteiger partial charge in [-0.05, 0) is 45.8 Å². The van der Waals surface area contributed by atoms with Gasteiger partial charge in [-0.2, -0.15) is 0 Å². The third-order valence-electron chi connectivity index (χ3n) is 2.40. The molecule has 1 aromatic heterocycles. The number of thioether (sulfide) groups is 1. The summed E-state index contributed by atoms with van der Waals surface area (Å²) in [4.78, 5) is 4.36. The van der Waals surface area contributed by atoms with Gasteiger partial charge in [0, 0.05) is 26.9 Å². The van der Waals surface area contributed by atoms with Crippen molar-refractivity contribution in [3.05, 3.63) is 57.1 Å². The summed E-state index contributed by atoms with van der Waals surface area (Å²) in [5.74, 6) is 0. The maximum absolute atomic E-state index is 5.86. The summed E-state index contributed by atoms with van der Waals surface area (Å²) >= 11 is 8.54. The highest BCUT2D eigenvalue weighted by Crippen LogP contribution is 2.34. The third kappa shape index (κ3) is 3.82. The fourth-order valence-corrected chi connectivity index (χ4v) is 3.12. The van der Waals surface area contributed by atoms with E-state index < -0.39 is 0 Å². The first-order valence-corrected chi connectivity index (χ1v) is 7.89. The Hall–Kier alpha value is -0.360. The van der Waals surface area contributed by atoms with Crippen LogP contribution >= 0.6 is 43.6 Å². The normalized spacial score (nSPS) is 12.4. The number of pyridine rings is 1. The predicted molar refractivity (Wildman–Crippen MR) is 83.7 cm³/mol. The molecule has 2 N–H and O–H groups in total. The molecule has 1 atom stereocenters. The zero-order valence-electron chi connectivity index (χ0n) is 9.51. The van der Waals surface area contributed by atoms with Crippen LogP contribution in [0.5, 0.6) is 0 Å². The topological polar surface area (TPSA) is 38.9 Å². The highest BCUT2D eigenvalue weighted by atomic mass is 79.9. The SMILES string of the molecule is NCC(Sc1ccc(Br)cn1)c1cccc(Br)c1. The number of aromatic nitrogens is 1. The first-order valence-electron chi connectivity index (χ1n) is 5.43. The number of hydrogen-bond donors (Lipinski definition) is 1. The molecular formula is C13H12Br2N2S. The van der Waals surface area contributed by atoms with E-state index in [-0.39, 0.29) is 5.25 Å². The van der Waals surface area contributed by atoms with Crippen molar-refractivity contribution in [1.29, 1.82) is 0 Å². The molecule has 0 amide bonds. The van der Waals surface area contributed by atoms with Crippen molar-refractivity contribution < 1.29 is 0 Å².